The lowest BCUT2D eigenvalue weighted by atomic mass is 9.96. The highest BCUT2D eigenvalue weighted by molar-refractivity contribution is 5.95. The maximum Gasteiger partial charge on any atom is 0.405 e. The fourth-order valence-electron chi connectivity index (χ4n) is 4.77. The van der Waals surface area contributed by atoms with Crippen LogP contribution in [-0.2, 0) is 11.3 Å². The molecule has 3 aromatic rings. The lowest BCUT2D eigenvalue weighted by Crippen LogP contribution is -2.53. The maximum atomic E-state index is 14.3. The van der Waals surface area contributed by atoms with Gasteiger partial charge in [0, 0.05) is 31.9 Å². The van der Waals surface area contributed by atoms with Gasteiger partial charge in [0.1, 0.15) is 23.9 Å². The number of fused-ring (bicyclic) bond motifs is 1. The summed E-state index contributed by atoms with van der Waals surface area (Å²) in [6, 6.07) is 5.35. The summed E-state index contributed by atoms with van der Waals surface area (Å²) < 4.78 is 41.5. The van der Waals surface area contributed by atoms with E-state index < -0.39 is 29.2 Å². The normalized spacial score (nSPS) is 15.2. The number of carbonyl (C=O) groups excluding carboxylic acids is 1. The number of morpholine rings is 1. The van der Waals surface area contributed by atoms with Crippen LogP contribution >= 0.6 is 0 Å². The van der Waals surface area contributed by atoms with Crippen LogP contribution in [0, 0.1) is 18.6 Å². The lowest BCUT2D eigenvalue weighted by molar-refractivity contribution is 0.0929. The van der Waals surface area contributed by atoms with Crippen LogP contribution in [-0.4, -0.2) is 64.9 Å². The number of carbonyl (C=O) groups is 2. The first kappa shape index (κ1) is 28.1. The zero-order chi connectivity index (χ0) is 28.2. The van der Waals surface area contributed by atoms with Crippen molar-refractivity contribution in [3.63, 3.8) is 0 Å². The summed E-state index contributed by atoms with van der Waals surface area (Å²) in [5, 5.41) is 14.6. The van der Waals surface area contributed by atoms with Crippen LogP contribution in [0.3, 0.4) is 0 Å². The molecule has 0 spiro atoms. The van der Waals surface area contributed by atoms with Crippen LogP contribution in [0.15, 0.2) is 30.5 Å². The molecule has 1 saturated heterocycles. The van der Waals surface area contributed by atoms with Crippen molar-refractivity contribution in [1.29, 1.82) is 0 Å². The second kappa shape index (κ2) is 11.9. The molecule has 1 atom stereocenters. The average molecular weight is 546 g/mol. The van der Waals surface area contributed by atoms with E-state index in [0.29, 0.717) is 50.5 Å². The van der Waals surface area contributed by atoms with Gasteiger partial charge in [-0.15, -0.1) is 0 Å². The van der Waals surface area contributed by atoms with Crippen molar-refractivity contribution in [2.24, 2.45) is 0 Å². The summed E-state index contributed by atoms with van der Waals surface area (Å²) in [5.74, 6) is -1.63. The highest BCUT2D eigenvalue weighted by Gasteiger charge is 2.28. The Balaban J connectivity index is 1.70. The van der Waals surface area contributed by atoms with Gasteiger partial charge < -0.3 is 30.1 Å². The number of rotatable bonds is 10. The van der Waals surface area contributed by atoms with Crippen molar-refractivity contribution in [1.82, 2.24) is 20.0 Å². The second-order valence-corrected chi connectivity index (χ2v) is 9.81. The number of halogens is 2. The minimum absolute atomic E-state index is 0.0672. The van der Waals surface area contributed by atoms with Crippen LogP contribution in [0.4, 0.5) is 19.3 Å². The maximum absolute atomic E-state index is 14.3. The summed E-state index contributed by atoms with van der Waals surface area (Å²) in [4.78, 5) is 31.3. The Hall–Kier alpha value is -3.93. The molecule has 1 aliphatic heterocycles. The van der Waals surface area contributed by atoms with E-state index in [9.17, 15) is 23.5 Å². The zero-order valence-electron chi connectivity index (χ0n) is 22.2. The third kappa shape index (κ3) is 6.39. The lowest BCUT2D eigenvalue weighted by Gasteiger charge is -2.30. The van der Waals surface area contributed by atoms with E-state index in [1.165, 1.54) is 6.07 Å². The number of ether oxygens (including phenoxy) is 2. The number of benzene rings is 1. The number of aryl methyl sites for hydroxylation is 1. The van der Waals surface area contributed by atoms with Crippen LogP contribution in [0.5, 0.6) is 5.75 Å². The largest absolute Gasteiger partial charge is 0.485 e. The Morgan fingerprint density at radius 1 is 1.23 bits per heavy atom. The second-order valence-electron chi connectivity index (χ2n) is 9.81. The van der Waals surface area contributed by atoms with E-state index in [1.807, 2.05) is 6.92 Å². The van der Waals surface area contributed by atoms with Gasteiger partial charge in [0.2, 0.25) is 0 Å². The smallest absolute Gasteiger partial charge is 0.405 e. The van der Waals surface area contributed by atoms with Gasteiger partial charge in [0.15, 0.2) is 11.4 Å². The molecule has 4 rings (SSSR count). The Morgan fingerprint density at radius 3 is 2.56 bits per heavy atom. The number of amides is 2. The standard InChI is InChI=1S/C27H33F2N5O5/c1-4-8-27(3,32-26(36)37)16-30-25(35)23-17(2)31-24-22(39-15-19-20(28)6-5-7-21(19)29)13-18(14-34(23)24)33-9-11-38-12-10-33/h5-7,13-14,32H,4,8-12,15-16H2,1-3H3,(H,30,35)(H,36,37). The monoisotopic (exact) mass is 545 g/mol. The Morgan fingerprint density at radius 2 is 1.92 bits per heavy atom. The van der Waals surface area contributed by atoms with E-state index in [0.717, 1.165) is 17.8 Å². The molecule has 3 N–H and O–H groups in total. The van der Waals surface area contributed by atoms with Gasteiger partial charge >= 0.3 is 6.09 Å². The number of nitrogens with one attached hydrogen (secondary N) is 2. The first-order valence-corrected chi connectivity index (χ1v) is 12.8. The Kier molecular flexibility index (Phi) is 8.54. The van der Waals surface area contributed by atoms with Crippen LogP contribution in [0.25, 0.3) is 5.65 Å². The number of nitrogens with zero attached hydrogens (tertiary/aromatic N) is 3. The molecule has 0 radical (unpaired) electrons. The van der Waals surface area contributed by atoms with E-state index in [2.05, 4.69) is 20.5 Å². The first-order valence-electron chi connectivity index (χ1n) is 12.8. The van der Waals surface area contributed by atoms with Crippen LogP contribution in [0.2, 0.25) is 0 Å². The molecule has 210 valence electrons. The molecule has 1 aromatic carbocycles. The number of hydrogen-bond donors (Lipinski definition) is 3. The fourth-order valence-corrected chi connectivity index (χ4v) is 4.77. The summed E-state index contributed by atoms with van der Waals surface area (Å²) in [6.45, 7) is 7.31. The molecule has 1 unspecified atom stereocenters. The highest BCUT2D eigenvalue weighted by Crippen LogP contribution is 2.30. The van der Waals surface area contributed by atoms with Gasteiger partial charge in [-0.25, -0.2) is 18.6 Å². The summed E-state index contributed by atoms with van der Waals surface area (Å²) >= 11 is 0. The SMILES string of the molecule is CCCC(C)(CNC(=O)c1c(C)nc2c(OCc3c(F)cccc3F)cc(N3CCOCC3)cn12)NC(=O)O. The van der Waals surface area contributed by atoms with Crippen molar-refractivity contribution < 1.29 is 33.0 Å². The van der Waals surface area contributed by atoms with Gasteiger partial charge in [-0.3, -0.25) is 9.20 Å². The molecule has 1 fully saturated rings. The Labute approximate surface area is 224 Å². The molecule has 0 saturated carbocycles. The molecule has 2 aromatic heterocycles. The molecular weight excluding hydrogens is 512 g/mol. The minimum atomic E-state index is -1.17. The molecule has 39 heavy (non-hydrogen) atoms. The van der Waals surface area contributed by atoms with E-state index in [-0.39, 0.29) is 30.2 Å². The number of imidazole rings is 1. The third-order valence-corrected chi connectivity index (χ3v) is 6.72. The Bertz CT molecular complexity index is 1340. The summed E-state index contributed by atoms with van der Waals surface area (Å²) in [7, 11) is 0. The molecule has 12 heteroatoms. The van der Waals surface area contributed by atoms with Crippen molar-refractivity contribution in [3.8, 4) is 5.75 Å². The topological polar surface area (TPSA) is 117 Å². The average Bonchev–Trinajstić information content (AvgIpc) is 3.23. The quantitative estimate of drug-likeness (QED) is 0.354. The summed E-state index contributed by atoms with van der Waals surface area (Å²) in [6.07, 6.45) is 1.84. The van der Waals surface area contributed by atoms with Crippen molar-refractivity contribution >= 4 is 23.3 Å². The van der Waals surface area contributed by atoms with Gasteiger partial charge in [0.05, 0.1) is 35.7 Å². The zero-order valence-corrected chi connectivity index (χ0v) is 22.2. The first-order chi connectivity index (χ1) is 18.6. The van der Waals surface area contributed by atoms with Crippen LogP contribution in [0.1, 0.15) is 48.4 Å². The van der Waals surface area contributed by atoms with Crippen molar-refractivity contribution in [2.45, 2.75) is 45.8 Å². The van der Waals surface area contributed by atoms with E-state index in [4.69, 9.17) is 9.47 Å². The predicted molar refractivity (Wildman–Crippen MR) is 140 cm³/mol. The molecule has 10 nitrogen and oxygen atoms in total. The van der Waals surface area contributed by atoms with Gasteiger partial charge in [-0.2, -0.15) is 0 Å². The number of hydrogen-bond acceptors (Lipinski definition) is 6. The van der Waals surface area contributed by atoms with Gasteiger partial charge in [-0.05, 0) is 32.4 Å². The molecular formula is C27H33F2N5O5. The summed E-state index contributed by atoms with van der Waals surface area (Å²) in [5.41, 5.74) is 0.626. The number of aromatic nitrogens is 2. The molecule has 1 aliphatic rings. The van der Waals surface area contributed by atoms with Gasteiger partial charge in [-0.1, -0.05) is 19.4 Å². The van der Waals surface area contributed by atoms with Crippen molar-refractivity contribution in [2.75, 3.05) is 37.7 Å². The molecule has 2 amide bonds. The highest BCUT2D eigenvalue weighted by atomic mass is 19.1. The van der Waals surface area contributed by atoms with E-state index >= 15 is 0 Å². The molecule has 0 bridgehead atoms. The molecule has 0 aliphatic carbocycles. The third-order valence-electron chi connectivity index (χ3n) is 6.72. The number of pyridine rings is 1. The molecule has 3 heterocycles. The number of carboxylic acid groups (broad SMARTS) is 1. The van der Waals surface area contributed by atoms with Crippen LogP contribution < -0.4 is 20.3 Å². The predicted octanol–water partition coefficient (Wildman–Crippen LogP) is 3.89. The van der Waals surface area contributed by atoms with Crippen molar-refractivity contribution in [3.05, 3.63) is 59.0 Å². The van der Waals surface area contributed by atoms with Gasteiger partial charge in [0.25, 0.3) is 5.91 Å². The fraction of sp³-hybridized carbons (Fsp3) is 0.444. The van der Waals surface area contributed by atoms with E-state index in [1.54, 1.807) is 30.5 Å². The number of anilines is 1. The minimum Gasteiger partial charge on any atom is -0.485 e.